The van der Waals surface area contributed by atoms with Gasteiger partial charge < -0.3 is 10.4 Å². The van der Waals surface area contributed by atoms with Crippen LogP contribution in [0.15, 0.2) is 52.0 Å². The van der Waals surface area contributed by atoms with E-state index in [1.165, 1.54) is 6.21 Å². The highest BCUT2D eigenvalue weighted by Crippen LogP contribution is 2.23. The lowest BCUT2D eigenvalue weighted by Gasteiger charge is -2.05. The van der Waals surface area contributed by atoms with Crippen molar-refractivity contribution < 1.29 is 9.90 Å². The van der Waals surface area contributed by atoms with Crippen LogP contribution in [0, 0.1) is 0 Å². The van der Waals surface area contributed by atoms with E-state index in [1.54, 1.807) is 18.2 Å². The molecule has 24 heavy (non-hydrogen) atoms. The Morgan fingerprint density at radius 2 is 2.00 bits per heavy atom. The van der Waals surface area contributed by atoms with Crippen molar-refractivity contribution in [1.29, 1.82) is 0 Å². The van der Waals surface area contributed by atoms with Gasteiger partial charge in [-0.2, -0.15) is 5.10 Å². The normalized spacial score (nSPS) is 10.8. The van der Waals surface area contributed by atoms with E-state index in [1.807, 2.05) is 24.3 Å². The average molecular weight is 411 g/mol. The Bertz CT molecular complexity index is 720. The molecule has 1 amide bonds. The smallest absolute Gasteiger partial charge is 0.240 e. The van der Waals surface area contributed by atoms with Crippen LogP contribution >= 0.6 is 27.5 Å². The van der Waals surface area contributed by atoms with Gasteiger partial charge in [0.05, 0.1) is 10.7 Å². The van der Waals surface area contributed by atoms with Crippen molar-refractivity contribution in [1.82, 2.24) is 5.43 Å². The van der Waals surface area contributed by atoms with Crippen LogP contribution in [0.1, 0.15) is 18.4 Å². The highest BCUT2D eigenvalue weighted by Gasteiger charge is 2.00. The standard InChI is InChI=1S/C17H17BrClN3O2/c18-15-10-12(3-8-16(15)23)11-21-22-17(24)2-1-9-20-14-6-4-13(19)5-7-14/h3-8,10-11,20,23H,1-2,9H2,(H,22,24)/b21-11+. The minimum Gasteiger partial charge on any atom is -0.507 e. The van der Waals surface area contributed by atoms with E-state index in [0.717, 1.165) is 11.3 Å². The van der Waals surface area contributed by atoms with Crippen LogP contribution in [0.4, 0.5) is 5.69 Å². The zero-order valence-electron chi connectivity index (χ0n) is 12.8. The molecule has 0 atom stereocenters. The fourth-order valence-electron chi connectivity index (χ4n) is 1.89. The molecule has 0 spiro atoms. The number of aromatic hydroxyl groups is 1. The van der Waals surface area contributed by atoms with Gasteiger partial charge in [-0.15, -0.1) is 0 Å². The first-order chi connectivity index (χ1) is 11.5. The van der Waals surface area contributed by atoms with Crippen molar-refractivity contribution in [2.75, 3.05) is 11.9 Å². The summed E-state index contributed by atoms with van der Waals surface area (Å²) in [5.74, 6) is 0.00590. The molecule has 0 unspecified atom stereocenters. The van der Waals surface area contributed by atoms with Crippen LogP contribution in [-0.4, -0.2) is 23.8 Å². The average Bonchev–Trinajstić information content (AvgIpc) is 2.56. The van der Waals surface area contributed by atoms with Gasteiger partial charge >= 0.3 is 0 Å². The maximum absolute atomic E-state index is 11.7. The molecular weight excluding hydrogens is 394 g/mol. The molecule has 0 radical (unpaired) electrons. The second kappa shape index (κ2) is 9.30. The number of hydrogen-bond donors (Lipinski definition) is 3. The van der Waals surface area contributed by atoms with E-state index in [-0.39, 0.29) is 11.7 Å². The Kier molecular flexibility index (Phi) is 7.08. The summed E-state index contributed by atoms with van der Waals surface area (Å²) in [7, 11) is 0. The molecule has 0 aromatic heterocycles. The first-order valence-corrected chi connectivity index (χ1v) is 8.51. The number of hydrazone groups is 1. The number of phenolic OH excluding ortho intramolecular Hbond substituents is 1. The number of rotatable bonds is 7. The van der Waals surface area contributed by atoms with E-state index < -0.39 is 0 Å². The van der Waals surface area contributed by atoms with Crippen LogP contribution in [0.5, 0.6) is 5.75 Å². The molecule has 0 aliphatic rings. The minimum atomic E-state index is -0.151. The molecule has 3 N–H and O–H groups in total. The minimum absolute atomic E-state index is 0.151. The third-order valence-corrected chi connectivity index (χ3v) is 4.02. The molecule has 2 aromatic rings. The fraction of sp³-hybridized carbons (Fsp3) is 0.176. The number of phenols is 1. The van der Waals surface area contributed by atoms with Crippen LogP contribution in [-0.2, 0) is 4.79 Å². The largest absolute Gasteiger partial charge is 0.507 e. The number of hydrogen-bond acceptors (Lipinski definition) is 4. The monoisotopic (exact) mass is 409 g/mol. The number of carbonyl (C=O) groups excluding carboxylic acids is 1. The summed E-state index contributed by atoms with van der Waals surface area (Å²) in [5.41, 5.74) is 4.22. The quantitative estimate of drug-likeness (QED) is 0.365. The number of nitrogens with one attached hydrogen (secondary N) is 2. The molecule has 126 valence electrons. The van der Waals surface area contributed by atoms with Gasteiger partial charge in [-0.05, 0) is 70.4 Å². The lowest BCUT2D eigenvalue weighted by Crippen LogP contribution is -2.18. The van der Waals surface area contributed by atoms with Gasteiger partial charge in [0.1, 0.15) is 5.75 Å². The van der Waals surface area contributed by atoms with E-state index in [9.17, 15) is 9.90 Å². The topological polar surface area (TPSA) is 73.7 Å². The zero-order valence-corrected chi connectivity index (χ0v) is 15.1. The van der Waals surface area contributed by atoms with Crippen LogP contribution in [0.2, 0.25) is 5.02 Å². The molecular formula is C17H17BrClN3O2. The van der Waals surface area contributed by atoms with Crippen LogP contribution in [0.25, 0.3) is 0 Å². The molecule has 0 heterocycles. The highest BCUT2D eigenvalue weighted by molar-refractivity contribution is 9.10. The summed E-state index contributed by atoms with van der Waals surface area (Å²) in [6, 6.07) is 12.4. The second-order valence-electron chi connectivity index (χ2n) is 5.04. The van der Waals surface area contributed by atoms with Gasteiger partial charge in [-0.1, -0.05) is 11.6 Å². The maximum Gasteiger partial charge on any atom is 0.240 e. The first-order valence-electron chi connectivity index (χ1n) is 7.34. The number of nitrogens with zero attached hydrogens (tertiary/aromatic N) is 1. The zero-order chi connectivity index (χ0) is 17.4. The van der Waals surface area contributed by atoms with Crippen LogP contribution in [0.3, 0.4) is 0 Å². The first kappa shape index (κ1) is 18.3. The van der Waals surface area contributed by atoms with Gasteiger partial charge in [0.2, 0.25) is 5.91 Å². The number of carbonyl (C=O) groups is 1. The molecule has 0 bridgehead atoms. The lowest BCUT2D eigenvalue weighted by molar-refractivity contribution is -0.121. The van der Waals surface area contributed by atoms with Crippen molar-refractivity contribution in [3.8, 4) is 5.75 Å². The van der Waals surface area contributed by atoms with Gasteiger partial charge in [-0.25, -0.2) is 5.43 Å². The number of benzene rings is 2. The van der Waals surface area contributed by atoms with Crippen molar-refractivity contribution >= 4 is 45.3 Å². The Balaban J connectivity index is 1.66. The Labute approximate surface area is 153 Å². The summed E-state index contributed by atoms with van der Waals surface area (Å²) in [5, 5.41) is 17.2. The molecule has 5 nitrogen and oxygen atoms in total. The number of halogens is 2. The molecule has 2 rings (SSSR count). The van der Waals surface area contributed by atoms with Crippen molar-refractivity contribution in [3.05, 3.63) is 57.5 Å². The van der Waals surface area contributed by atoms with Crippen molar-refractivity contribution in [3.63, 3.8) is 0 Å². The van der Waals surface area contributed by atoms with Crippen molar-refractivity contribution in [2.24, 2.45) is 5.10 Å². The Hall–Kier alpha value is -2.05. The van der Waals surface area contributed by atoms with Gasteiger partial charge in [0.15, 0.2) is 0 Å². The van der Waals surface area contributed by atoms with Crippen LogP contribution < -0.4 is 10.7 Å². The van der Waals surface area contributed by atoms with Gasteiger partial charge in [-0.3, -0.25) is 4.79 Å². The molecule has 0 aliphatic carbocycles. The summed E-state index contributed by atoms with van der Waals surface area (Å²) >= 11 is 9.03. The molecule has 0 saturated carbocycles. The SMILES string of the molecule is O=C(CCCNc1ccc(Cl)cc1)N/N=C/c1ccc(O)c(Br)c1. The summed E-state index contributed by atoms with van der Waals surface area (Å²) in [4.78, 5) is 11.7. The van der Waals surface area contributed by atoms with E-state index in [4.69, 9.17) is 11.6 Å². The molecule has 7 heteroatoms. The summed E-state index contributed by atoms with van der Waals surface area (Å²) in [6.45, 7) is 0.684. The second-order valence-corrected chi connectivity index (χ2v) is 6.33. The van der Waals surface area contributed by atoms with Gasteiger partial charge in [0.25, 0.3) is 0 Å². The number of anilines is 1. The fourth-order valence-corrected chi connectivity index (χ4v) is 2.41. The van der Waals surface area contributed by atoms with Gasteiger partial charge in [0, 0.05) is 23.7 Å². The third-order valence-electron chi connectivity index (χ3n) is 3.13. The molecule has 0 saturated heterocycles. The number of amides is 1. The summed E-state index contributed by atoms with van der Waals surface area (Å²) in [6.07, 6.45) is 2.58. The molecule has 2 aromatic carbocycles. The highest BCUT2D eigenvalue weighted by atomic mass is 79.9. The molecule has 0 fully saturated rings. The van der Waals surface area contributed by atoms with E-state index in [0.29, 0.717) is 28.9 Å². The summed E-state index contributed by atoms with van der Waals surface area (Å²) < 4.78 is 0.575. The lowest BCUT2D eigenvalue weighted by atomic mass is 10.2. The van der Waals surface area contributed by atoms with E-state index >= 15 is 0 Å². The Morgan fingerprint density at radius 1 is 1.25 bits per heavy atom. The maximum atomic E-state index is 11.7. The predicted molar refractivity (Wildman–Crippen MR) is 101 cm³/mol. The molecule has 0 aliphatic heterocycles. The van der Waals surface area contributed by atoms with E-state index in [2.05, 4.69) is 31.8 Å². The van der Waals surface area contributed by atoms with Crippen molar-refractivity contribution in [2.45, 2.75) is 12.8 Å². The predicted octanol–water partition coefficient (Wildman–Crippen LogP) is 4.15. The third kappa shape index (κ3) is 6.22. The Morgan fingerprint density at radius 3 is 2.71 bits per heavy atom.